The van der Waals surface area contributed by atoms with Crippen LogP contribution in [0.2, 0.25) is 0 Å². The molecule has 0 aromatic rings. The second-order valence-electron chi connectivity index (χ2n) is 5.71. The quantitative estimate of drug-likeness (QED) is 0.770. The number of hydrogen-bond donors (Lipinski definition) is 1. The largest absolute Gasteiger partial charge is 0.316 e. The van der Waals surface area contributed by atoms with Gasteiger partial charge in [0, 0.05) is 12.6 Å². The summed E-state index contributed by atoms with van der Waals surface area (Å²) in [6.07, 6.45) is 5.55. The minimum atomic E-state index is 0.787. The van der Waals surface area contributed by atoms with Crippen molar-refractivity contribution in [3.05, 3.63) is 0 Å². The fourth-order valence-corrected chi connectivity index (χ4v) is 2.98. The molecule has 1 N–H and O–H groups in total. The van der Waals surface area contributed by atoms with Crippen LogP contribution in [0.5, 0.6) is 0 Å². The fourth-order valence-electron chi connectivity index (χ4n) is 2.98. The third-order valence-electron chi connectivity index (χ3n) is 4.23. The van der Waals surface area contributed by atoms with Crippen LogP contribution in [-0.2, 0) is 0 Å². The second-order valence-corrected chi connectivity index (χ2v) is 5.71. The van der Waals surface area contributed by atoms with E-state index in [-0.39, 0.29) is 0 Å². The zero-order valence-electron chi connectivity index (χ0n) is 10.9. The zero-order valence-corrected chi connectivity index (χ0v) is 10.9. The number of likely N-dealkylation sites (tertiary alicyclic amines) is 1. The molecule has 2 atom stereocenters. The van der Waals surface area contributed by atoms with Crippen molar-refractivity contribution in [2.24, 2.45) is 5.92 Å². The Hall–Kier alpha value is -0.120. The molecule has 2 unspecified atom stereocenters. The summed E-state index contributed by atoms with van der Waals surface area (Å²) in [6.45, 7) is 6.42. The molecule has 0 spiro atoms. The Bertz CT molecular complexity index is 199. The fraction of sp³-hybridized carbons (Fsp3) is 1.00. The van der Waals surface area contributed by atoms with E-state index in [2.05, 4.69) is 29.2 Å². The molecule has 2 saturated heterocycles. The number of hydrogen-bond acceptors (Lipinski definition) is 3. The summed E-state index contributed by atoms with van der Waals surface area (Å²) in [5.41, 5.74) is 0. The SMILES string of the molecule is CN(C)C1CCCN(CCC2CCNC2)C1. The van der Waals surface area contributed by atoms with Crippen molar-refractivity contribution >= 4 is 0 Å². The summed E-state index contributed by atoms with van der Waals surface area (Å²) in [5.74, 6) is 0.944. The zero-order chi connectivity index (χ0) is 11.4. The van der Waals surface area contributed by atoms with Crippen LogP contribution in [0.1, 0.15) is 25.7 Å². The Morgan fingerprint density at radius 2 is 2.19 bits per heavy atom. The molecule has 0 radical (unpaired) electrons. The van der Waals surface area contributed by atoms with Crippen molar-refractivity contribution < 1.29 is 0 Å². The van der Waals surface area contributed by atoms with E-state index in [1.54, 1.807) is 0 Å². The molecule has 2 fully saturated rings. The third-order valence-corrected chi connectivity index (χ3v) is 4.23. The minimum Gasteiger partial charge on any atom is -0.316 e. The topological polar surface area (TPSA) is 18.5 Å². The summed E-state index contributed by atoms with van der Waals surface area (Å²) in [6, 6.07) is 0.787. The average Bonchev–Trinajstić information content (AvgIpc) is 2.79. The van der Waals surface area contributed by atoms with E-state index in [9.17, 15) is 0 Å². The van der Waals surface area contributed by atoms with Crippen molar-refractivity contribution in [2.45, 2.75) is 31.7 Å². The van der Waals surface area contributed by atoms with Gasteiger partial charge >= 0.3 is 0 Å². The van der Waals surface area contributed by atoms with Crippen LogP contribution in [0.3, 0.4) is 0 Å². The first-order chi connectivity index (χ1) is 7.75. The van der Waals surface area contributed by atoms with Crippen LogP contribution in [0.4, 0.5) is 0 Å². The van der Waals surface area contributed by atoms with Gasteiger partial charge in [0.1, 0.15) is 0 Å². The highest BCUT2D eigenvalue weighted by molar-refractivity contribution is 4.79. The highest BCUT2D eigenvalue weighted by atomic mass is 15.2. The predicted octanol–water partition coefficient (Wildman–Crippen LogP) is 1.01. The van der Waals surface area contributed by atoms with Crippen LogP contribution in [-0.4, -0.2) is 62.7 Å². The molecular weight excluding hydrogens is 198 g/mol. The van der Waals surface area contributed by atoms with Crippen molar-refractivity contribution in [3.8, 4) is 0 Å². The van der Waals surface area contributed by atoms with Gasteiger partial charge in [-0.25, -0.2) is 0 Å². The molecule has 2 heterocycles. The van der Waals surface area contributed by atoms with E-state index < -0.39 is 0 Å². The van der Waals surface area contributed by atoms with Crippen molar-refractivity contribution in [1.29, 1.82) is 0 Å². The molecule has 0 bridgehead atoms. The molecule has 0 saturated carbocycles. The molecule has 3 nitrogen and oxygen atoms in total. The van der Waals surface area contributed by atoms with Crippen molar-refractivity contribution in [3.63, 3.8) is 0 Å². The number of likely N-dealkylation sites (N-methyl/N-ethyl adjacent to an activating group) is 1. The standard InChI is InChI=1S/C13H27N3/c1-15(2)13-4-3-8-16(11-13)9-6-12-5-7-14-10-12/h12-14H,3-11H2,1-2H3. The first kappa shape index (κ1) is 12.3. The summed E-state index contributed by atoms with van der Waals surface area (Å²) >= 11 is 0. The Balaban J connectivity index is 1.68. The van der Waals surface area contributed by atoms with Gasteiger partial charge in [0.2, 0.25) is 0 Å². The van der Waals surface area contributed by atoms with E-state index in [0.29, 0.717) is 0 Å². The van der Waals surface area contributed by atoms with E-state index in [1.165, 1.54) is 58.4 Å². The molecule has 16 heavy (non-hydrogen) atoms. The van der Waals surface area contributed by atoms with E-state index in [0.717, 1.165) is 12.0 Å². The van der Waals surface area contributed by atoms with Gasteiger partial charge in [-0.2, -0.15) is 0 Å². The molecule has 0 aromatic heterocycles. The minimum absolute atomic E-state index is 0.787. The number of rotatable bonds is 4. The van der Waals surface area contributed by atoms with E-state index in [1.807, 2.05) is 0 Å². The highest BCUT2D eigenvalue weighted by Gasteiger charge is 2.22. The van der Waals surface area contributed by atoms with Crippen LogP contribution in [0.25, 0.3) is 0 Å². The third kappa shape index (κ3) is 3.44. The van der Waals surface area contributed by atoms with Gasteiger partial charge in [-0.1, -0.05) is 0 Å². The predicted molar refractivity (Wildman–Crippen MR) is 68.7 cm³/mol. The first-order valence-electron chi connectivity index (χ1n) is 6.85. The van der Waals surface area contributed by atoms with E-state index in [4.69, 9.17) is 0 Å². The molecular formula is C13H27N3. The maximum Gasteiger partial charge on any atom is 0.0217 e. The Morgan fingerprint density at radius 1 is 1.31 bits per heavy atom. The number of nitrogens with one attached hydrogen (secondary N) is 1. The maximum absolute atomic E-state index is 3.46. The lowest BCUT2D eigenvalue weighted by molar-refractivity contribution is 0.128. The van der Waals surface area contributed by atoms with Crippen LogP contribution in [0, 0.1) is 5.92 Å². The molecule has 0 aromatic carbocycles. The van der Waals surface area contributed by atoms with Gasteiger partial charge in [-0.3, -0.25) is 0 Å². The van der Waals surface area contributed by atoms with Crippen LogP contribution < -0.4 is 5.32 Å². The van der Waals surface area contributed by atoms with Crippen molar-refractivity contribution in [2.75, 3.05) is 46.8 Å². The molecule has 2 rings (SSSR count). The van der Waals surface area contributed by atoms with Gasteiger partial charge in [0.05, 0.1) is 0 Å². The maximum atomic E-state index is 3.46. The van der Waals surface area contributed by atoms with Gasteiger partial charge in [-0.15, -0.1) is 0 Å². The molecule has 2 aliphatic heterocycles. The number of piperidine rings is 1. The van der Waals surface area contributed by atoms with Gasteiger partial charge < -0.3 is 15.1 Å². The van der Waals surface area contributed by atoms with Gasteiger partial charge in [0.25, 0.3) is 0 Å². The Morgan fingerprint density at radius 3 is 2.88 bits per heavy atom. The van der Waals surface area contributed by atoms with Crippen LogP contribution in [0.15, 0.2) is 0 Å². The molecule has 94 valence electrons. The average molecular weight is 225 g/mol. The van der Waals surface area contributed by atoms with E-state index >= 15 is 0 Å². The molecule has 2 aliphatic rings. The second kappa shape index (κ2) is 5.99. The van der Waals surface area contributed by atoms with Crippen molar-refractivity contribution in [1.82, 2.24) is 15.1 Å². The smallest absolute Gasteiger partial charge is 0.0217 e. The summed E-state index contributed by atoms with van der Waals surface area (Å²) < 4.78 is 0. The summed E-state index contributed by atoms with van der Waals surface area (Å²) in [7, 11) is 4.43. The highest BCUT2D eigenvalue weighted by Crippen LogP contribution is 2.17. The lowest BCUT2D eigenvalue weighted by Crippen LogP contribution is -2.45. The molecule has 0 aliphatic carbocycles. The number of nitrogens with zero attached hydrogens (tertiary/aromatic N) is 2. The molecule has 3 heteroatoms. The van der Waals surface area contributed by atoms with Gasteiger partial charge in [0.15, 0.2) is 0 Å². The normalized spacial score (nSPS) is 32.4. The van der Waals surface area contributed by atoms with Crippen LogP contribution >= 0.6 is 0 Å². The molecule has 0 amide bonds. The summed E-state index contributed by atoms with van der Waals surface area (Å²) in [4.78, 5) is 5.07. The monoisotopic (exact) mass is 225 g/mol. The van der Waals surface area contributed by atoms with Gasteiger partial charge in [-0.05, 0) is 71.9 Å². The summed E-state index contributed by atoms with van der Waals surface area (Å²) in [5, 5.41) is 3.46. The lowest BCUT2D eigenvalue weighted by Gasteiger charge is -2.36. The Labute approximate surface area is 100 Å². The lowest BCUT2D eigenvalue weighted by atomic mass is 10.0. The Kier molecular flexibility index (Phi) is 4.62. The first-order valence-corrected chi connectivity index (χ1v) is 6.85.